The summed E-state index contributed by atoms with van der Waals surface area (Å²) in [7, 11) is 3.47. The summed E-state index contributed by atoms with van der Waals surface area (Å²) < 4.78 is 5.65. The predicted molar refractivity (Wildman–Crippen MR) is 107 cm³/mol. The van der Waals surface area contributed by atoms with Gasteiger partial charge in [-0.3, -0.25) is 9.59 Å². The fourth-order valence-corrected chi connectivity index (χ4v) is 6.52. The topological polar surface area (TPSA) is 95.9 Å². The molecule has 3 aliphatic rings. The number of likely N-dealkylation sites (N-methyl/N-ethyl adjacent to an activating group) is 1. The molecular weight excluding hydrogens is 380 g/mol. The van der Waals surface area contributed by atoms with Crippen LogP contribution in [0.1, 0.15) is 27.2 Å². The van der Waals surface area contributed by atoms with E-state index in [1.54, 1.807) is 30.8 Å². The van der Waals surface area contributed by atoms with Gasteiger partial charge in [0.25, 0.3) is 0 Å². The van der Waals surface area contributed by atoms with E-state index in [-0.39, 0.29) is 52.4 Å². The van der Waals surface area contributed by atoms with Crippen molar-refractivity contribution in [2.24, 2.45) is 23.7 Å². The molecule has 2 aliphatic carbocycles. The fraction of sp³-hybridized carbons (Fsp3) is 0.750. The zero-order valence-electron chi connectivity index (χ0n) is 17.1. The molecule has 0 radical (unpaired) electrons. The molecule has 1 aliphatic heterocycles. The van der Waals surface area contributed by atoms with Crippen LogP contribution in [0.25, 0.3) is 0 Å². The van der Waals surface area contributed by atoms with Crippen LogP contribution in [0.15, 0.2) is 10.5 Å². The van der Waals surface area contributed by atoms with Crippen LogP contribution in [0.3, 0.4) is 0 Å². The summed E-state index contributed by atoms with van der Waals surface area (Å²) in [4.78, 5) is 39.3. The van der Waals surface area contributed by atoms with Crippen molar-refractivity contribution < 1.29 is 24.2 Å². The summed E-state index contributed by atoms with van der Waals surface area (Å²) in [6, 6.07) is -0.234. The second-order valence-electron chi connectivity index (χ2n) is 8.18. The van der Waals surface area contributed by atoms with Crippen LogP contribution < -0.4 is 5.32 Å². The molecule has 1 saturated carbocycles. The number of carboxylic acids is 1. The Morgan fingerprint density at radius 3 is 2.64 bits per heavy atom. The van der Waals surface area contributed by atoms with Crippen molar-refractivity contribution in [1.82, 2.24) is 10.2 Å². The number of hydrogen-bond acceptors (Lipinski definition) is 6. The number of rotatable bonds is 7. The van der Waals surface area contributed by atoms with Crippen molar-refractivity contribution in [2.45, 2.75) is 44.6 Å². The van der Waals surface area contributed by atoms with E-state index in [9.17, 15) is 19.5 Å². The number of nitrogens with zero attached hydrogens (tertiary/aromatic N) is 1. The first kappa shape index (κ1) is 21.3. The van der Waals surface area contributed by atoms with Gasteiger partial charge in [-0.2, -0.15) is 0 Å². The molecule has 0 aromatic carbocycles. The van der Waals surface area contributed by atoms with E-state index in [1.807, 2.05) is 20.8 Å². The van der Waals surface area contributed by atoms with Gasteiger partial charge in [0.05, 0.1) is 23.6 Å². The number of Topliss-reactive ketones (excluding diaryl/α,β-unsaturated/α-hetero) is 1. The number of carbonyl (C=O) groups excluding carboxylic acids is 2. The van der Waals surface area contributed by atoms with Crippen LogP contribution in [-0.4, -0.2) is 72.3 Å². The number of carboxylic acid groups (broad SMARTS) is 1. The van der Waals surface area contributed by atoms with Crippen molar-refractivity contribution in [1.29, 1.82) is 0 Å². The lowest BCUT2D eigenvalue weighted by molar-refractivity contribution is -0.153. The summed E-state index contributed by atoms with van der Waals surface area (Å²) >= 11 is 1.54. The van der Waals surface area contributed by atoms with Crippen molar-refractivity contribution >= 4 is 29.4 Å². The van der Waals surface area contributed by atoms with Gasteiger partial charge in [-0.15, -0.1) is 11.8 Å². The zero-order valence-corrected chi connectivity index (χ0v) is 17.9. The molecule has 1 unspecified atom stereocenters. The van der Waals surface area contributed by atoms with Gasteiger partial charge < -0.3 is 20.1 Å². The molecule has 7 nitrogen and oxygen atoms in total. The average Bonchev–Trinajstić information content (AvgIpc) is 3.17. The Morgan fingerprint density at radius 2 is 2.07 bits per heavy atom. The molecule has 1 saturated heterocycles. The van der Waals surface area contributed by atoms with Gasteiger partial charge in [0.15, 0.2) is 0 Å². The molecule has 156 valence electrons. The molecule has 0 spiro atoms. The van der Waals surface area contributed by atoms with Crippen LogP contribution in [0.5, 0.6) is 0 Å². The van der Waals surface area contributed by atoms with Crippen LogP contribution in [-0.2, 0) is 19.1 Å². The number of amides is 1. The summed E-state index contributed by atoms with van der Waals surface area (Å²) in [5, 5.41) is 13.2. The lowest BCUT2D eigenvalue weighted by Crippen LogP contribution is -2.54. The lowest BCUT2D eigenvalue weighted by atomic mass is 9.59. The Kier molecular flexibility index (Phi) is 6.22. The van der Waals surface area contributed by atoms with E-state index in [0.29, 0.717) is 19.6 Å². The van der Waals surface area contributed by atoms with Gasteiger partial charge >= 0.3 is 5.97 Å². The third-order valence-corrected chi connectivity index (χ3v) is 7.83. The van der Waals surface area contributed by atoms with E-state index in [1.165, 1.54) is 0 Å². The highest BCUT2D eigenvalue weighted by atomic mass is 32.2. The van der Waals surface area contributed by atoms with Crippen LogP contribution >= 0.6 is 11.8 Å². The maximum atomic E-state index is 12.8. The Hall–Kier alpha value is -1.38. The van der Waals surface area contributed by atoms with Gasteiger partial charge in [-0.25, -0.2) is 4.79 Å². The van der Waals surface area contributed by atoms with Crippen molar-refractivity contribution in [3.8, 4) is 0 Å². The number of ketones is 1. The molecule has 0 aromatic rings. The predicted octanol–water partition coefficient (Wildman–Crippen LogP) is 1.38. The van der Waals surface area contributed by atoms with Crippen LogP contribution in [0.2, 0.25) is 0 Å². The number of fused-ring (bicyclic) bond motifs is 1. The van der Waals surface area contributed by atoms with Gasteiger partial charge in [0, 0.05) is 38.4 Å². The maximum absolute atomic E-state index is 12.8. The monoisotopic (exact) mass is 410 g/mol. The number of hydrogen-bond donors (Lipinski definition) is 2. The smallest absolute Gasteiger partial charge is 0.333 e. The summed E-state index contributed by atoms with van der Waals surface area (Å²) in [5.41, 5.74) is 0.273. The lowest BCUT2D eigenvalue weighted by Gasteiger charge is -2.44. The fourth-order valence-electron chi connectivity index (χ4n) is 4.98. The van der Waals surface area contributed by atoms with E-state index in [2.05, 4.69) is 5.32 Å². The third-order valence-electron chi connectivity index (χ3n) is 6.29. The molecule has 0 aromatic heterocycles. The third kappa shape index (κ3) is 3.50. The van der Waals surface area contributed by atoms with E-state index >= 15 is 0 Å². The second kappa shape index (κ2) is 8.16. The first-order chi connectivity index (χ1) is 13.2. The summed E-state index contributed by atoms with van der Waals surface area (Å²) in [5.74, 6) is -1.71. The van der Waals surface area contributed by atoms with Gasteiger partial charge in [0.2, 0.25) is 5.91 Å². The quantitative estimate of drug-likeness (QED) is 0.655. The summed E-state index contributed by atoms with van der Waals surface area (Å²) in [6.07, 6.45) is 0.461. The normalized spacial score (nSPS) is 35.5. The highest BCUT2D eigenvalue weighted by Crippen LogP contribution is 2.59. The van der Waals surface area contributed by atoms with Crippen molar-refractivity contribution in [3.05, 3.63) is 10.5 Å². The van der Waals surface area contributed by atoms with Crippen LogP contribution in [0, 0.1) is 23.7 Å². The van der Waals surface area contributed by atoms with Crippen molar-refractivity contribution in [3.63, 3.8) is 0 Å². The van der Waals surface area contributed by atoms with Gasteiger partial charge in [-0.05, 0) is 37.0 Å². The minimum absolute atomic E-state index is 0.00350. The van der Waals surface area contributed by atoms with E-state index in [4.69, 9.17) is 4.74 Å². The summed E-state index contributed by atoms with van der Waals surface area (Å²) in [6.45, 7) is 7.01. The minimum atomic E-state index is -0.996. The molecule has 8 heteroatoms. The number of nitrogens with one attached hydrogen (secondary N) is 1. The van der Waals surface area contributed by atoms with Gasteiger partial charge in [-0.1, -0.05) is 6.92 Å². The van der Waals surface area contributed by atoms with E-state index in [0.717, 1.165) is 4.91 Å². The van der Waals surface area contributed by atoms with E-state index < -0.39 is 11.9 Å². The highest BCUT2D eigenvalue weighted by molar-refractivity contribution is 8.03. The van der Waals surface area contributed by atoms with Gasteiger partial charge in [0.1, 0.15) is 5.78 Å². The molecule has 28 heavy (non-hydrogen) atoms. The van der Waals surface area contributed by atoms with Crippen LogP contribution in [0.4, 0.5) is 0 Å². The second-order valence-corrected chi connectivity index (χ2v) is 9.53. The SMILES string of the molecule is CCO[C@H](C)[C@H]1C(=O)C2C(C(=O)O)=C(S[C@@H]3CN[C@H](C(=O)N(C)C)C3)[C@H](C)[C@@H]21. The molecule has 1 heterocycles. The molecular formula is C20H30N2O5S. The molecule has 0 bridgehead atoms. The first-order valence-corrected chi connectivity index (χ1v) is 10.8. The zero-order chi connectivity index (χ0) is 20.7. The highest BCUT2D eigenvalue weighted by Gasteiger charge is 2.62. The standard InChI is InChI=1S/C20H30N2O5S/c1-6-27-10(3)14-13-9(2)18(16(20(25)26)15(13)17(14)23)28-11-7-12(21-8-11)19(24)22(4)5/h9-15,21H,6-8H2,1-5H3,(H,25,26)/t9-,10-,11+,12+,13-,14-,15?/m1/s1. The number of allylic oxidation sites excluding steroid dienone is 1. The number of ether oxygens (including phenoxy) is 1. The number of thioether (sulfide) groups is 1. The Labute approximate surface area is 170 Å². The number of aliphatic carboxylic acids is 1. The first-order valence-electron chi connectivity index (χ1n) is 9.92. The number of carbonyl (C=O) groups is 3. The maximum Gasteiger partial charge on any atom is 0.333 e. The molecule has 3 rings (SSSR count). The minimum Gasteiger partial charge on any atom is -0.478 e. The molecule has 2 N–H and O–H groups in total. The largest absolute Gasteiger partial charge is 0.478 e. The Balaban J connectivity index is 1.77. The average molecular weight is 411 g/mol. The molecule has 7 atom stereocenters. The molecule has 1 amide bonds. The van der Waals surface area contributed by atoms with Crippen molar-refractivity contribution in [2.75, 3.05) is 27.2 Å². The molecule has 2 fully saturated rings. The Bertz CT molecular complexity index is 707. The Morgan fingerprint density at radius 1 is 1.39 bits per heavy atom.